The van der Waals surface area contributed by atoms with E-state index in [1.54, 1.807) is 24.3 Å². The van der Waals surface area contributed by atoms with Crippen LogP contribution in [0.25, 0.3) is 32.8 Å². The Kier molecular flexibility index (Phi) is 7.25. The minimum atomic E-state index is -1.88. The normalized spacial score (nSPS) is 25.0. The largest absolute Gasteiger partial charge is 0.465 e. The number of halogens is 4. The van der Waals surface area contributed by atoms with E-state index >= 15 is 4.39 Å². The summed E-state index contributed by atoms with van der Waals surface area (Å²) < 4.78 is 66.9. The van der Waals surface area contributed by atoms with E-state index in [9.17, 15) is 23.1 Å². The predicted octanol–water partition coefficient (Wildman–Crippen LogP) is 5.58. The van der Waals surface area contributed by atoms with Crippen LogP contribution in [0.15, 0.2) is 42.5 Å². The summed E-state index contributed by atoms with van der Waals surface area (Å²) in [7, 11) is 0. The summed E-state index contributed by atoms with van der Waals surface area (Å²) in [5.41, 5.74) is -0.301. The van der Waals surface area contributed by atoms with Gasteiger partial charge in [-0.3, -0.25) is 9.80 Å². The number of hydrogen-bond donors (Lipinski definition) is 2. The van der Waals surface area contributed by atoms with Crippen LogP contribution in [0, 0.1) is 24.0 Å². The molecule has 7 rings (SSSR count). The van der Waals surface area contributed by atoms with Crippen LogP contribution in [0.2, 0.25) is 0 Å². The minimum Gasteiger partial charge on any atom is -0.465 e. The molecule has 3 aliphatic rings. The number of aromatic nitrogens is 2. The van der Waals surface area contributed by atoms with Gasteiger partial charge in [0.1, 0.15) is 24.1 Å². The first kappa shape index (κ1) is 29.3. The van der Waals surface area contributed by atoms with Crippen LogP contribution in [-0.2, 0) is 0 Å². The number of nitrogens with zero attached hydrogens (tertiary/aromatic N) is 4. The van der Waals surface area contributed by atoms with Crippen LogP contribution in [-0.4, -0.2) is 81.8 Å². The number of hydrogen-bond acceptors (Lipinski definition) is 6. The third kappa shape index (κ3) is 4.82. The Bertz CT molecular complexity index is 1880. The van der Waals surface area contributed by atoms with Crippen molar-refractivity contribution in [2.75, 3.05) is 32.8 Å². The van der Waals surface area contributed by atoms with Crippen molar-refractivity contribution in [3.63, 3.8) is 0 Å². The van der Waals surface area contributed by atoms with Crippen molar-refractivity contribution < 1.29 is 32.2 Å². The van der Waals surface area contributed by atoms with E-state index in [0.29, 0.717) is 34.2 Å². The van der Waals surface area contributed by atoms with Gasteiger partial charge >= 0.3 is 12.1 Å². The lowest BCUT2D eigenvalue weighted by atomic mass is 9.93. The Morgan fingerprint density at radius 3 is 2.78 bits per heavy atom. The van der Waals surface area contributed by atoms with Gasteiger partial charge in [0.15, 0.2) is 12.1 Å². The first-order chi connectivity index (χ1) is 21.7. The molecule has 0 aliphatic carbocycles. The molecule has 0 radical (unpaired) electrons. The van der Waals surface area contributed by atoms with Gasteiger partial charge in [0.2, 0.25) is 0 Å². The van der Waals surface area contributed by atoms with Crippen molar-refractivity contribution in [3.8, 4) is 29.5 Å². The Hall–Kier alpha value is -4.47. The van der Waals surface area contributed by atoms with E-state index in [4.69, 9.17) is 11.2 Å². The highest BCUT2D eigenvalue weighted by Gasteiger charge is 2.49. The number of rotatable bonds is 5. The Balaban J connectivity index is 1.40. The summed E-state index contributed by atoms with van der Waals surface area (Å²) >= 11 is 0. The SMILES string of the molecule is C#Cc1c(F)ccc2cccc(-c3ccc4c(C5CNCC(F)N5C(=O)O)nc(OC[C@@]56CCCN5C[C@H](F)C6)nc4c3F)c12. The Morgan fingerprint density at radius 1 is 1.13 bits per heavy atom. The van der Waals surface area contributed by atoms with E-state index in [2.05, 4.69) is 21.2 Å². The molecule has 3 saturated heterocycles. The van der Waals surface area contributed by atoms with Crippen LogP contribution >= 0.6 is 0 Å². The van der Waals surface area contributed by atoms with Crippen molar-refractivity contribution in [2.45, 2.75) is 43.3 Å². The fourth-order valence-corrected chi connectivity index (χ4v) is 7.27. The van der Waals surface area contributed by atoms with Crippen molar-refractivity contribution in [1.29, 1.82) is 0 Å². The summed E-state index contributed by atoms with van der Waals surface area (Å²) in [6, 6.07) is 9.50. The maximum absolute atomic E-state index is 16.7. The summed E-state index contributed by atoms with van der Waals surface area (Å²) in [5.74, 6) is 0.951. The molecule has 3 aliphatic heterocycles. The minimum absolute atomic E-state index is 0.0109. The van der Waals surface area contributed by atoms with Gasteiger partial charge < -0.3 is 15.2 Å². The number of amides is 1. The van der Waals surface area contributed by atoms with Gasteiger partial charge in [-0.15, -0.1) is 6.42 Å². The lowest BCUT2D eigenvalue weighted by Crippen LogP contribution is -2.53. The molecule has 4 heterocycles. The molecule has 2 N–H and O–H groups in total. The first-order valence-electron chi connectivity index (χ1n) is 14.8. The van der Waals surface area contributed by atoms with Gasteiger partial charge in [0, 0.05) is 42.4 Å². The van der Waals surface area contributed by atoms with E-state index in [-0.39, 0.29) is 59.9 Å². The molecule has 45 heavy (non-hydrogen) atoms. The average Bonchev–Trinajstić information content (AvgIpc) is 3.55. The molecule has 1 aromatic heterocycles. The van der Waals surface area contributed by atoms with Crippen LogP contribution in [0.4, 0.5) is 22.4 Å². The monoisotopic (exact) mass is 619 g/mol. The molecule has 4 aromatic rings. The first-order valence-corrected chi connectivity index (χ1v) is 14.8. The number of nitrogens with one attached hydrogen (secondary N) is 1. The molecule has 0 bridgehead atoms. The molecule has 3 fully saturated rings. The molecule has 3 aromatic carbocycles. The molecular formula is C33H29F4N5O3. The summed E-state index contributed by atoms with van der Waals surface area (Å²) in [6.45, 7) is 0.874. The Labute approximate surface area is 256 Å². The summed E-state index contributed by atoms with van der Waals surface area (Å²) in [6.07, 6.45) is 3.15. The highest BCUT2D eigenvalue weighted by molar-refractivity contribution is 6.02. The lowest BCUT2D eigenvalue weighted by molar-refractivity contribution is 0.0207. The van der Waals surface area contributed by atoms with Gasteiger partial charge in [-0.25, -0.2) is 22.4 Å². The highest BCUT2D eigenvalue weighted by Crippen LogP contribution is 2.42. The smallest absolute Gasteiger partial charge is 0.410 e. The number of carboxylic acid groups (broad SMARTS) is 1. The summed E-state index contributed by atoms with van der Waals surface area (Å²) in [5, 5.41) is 13.9. The zero-order valence-electron chi connectivity index (χ0n) is 24.1. The van der Waals surface area contributed by atoms with Crippen LogP contribution < -0.4 is 10.1 Å². The number of alkyl halides is 2. The highest BCUT2D eigenvalue weighted by atomic mass is 19.1. The third-order valence-electron chi connectivity index (χ3n) is 9.30. The summed E-state index contributed by atoms with van der Waals surface area (Å²) in [4.78, 5) is 23.8. The number of benzene rings is 3. The maximum Gasteiger partial charge on any atom is 0.410 e. The number of fused-ring (bicyclic) bond motifs is 3. The van der Waals surface area contributed by atoms with Crippen molar-refractivity contribution in [3.05, 3.63) is 65.4 Å². The van der Waals surface area contributed by atoms with Crippen molar-refractivity contribution in [1.82, 2.24) is 25.1 Å². The molecule has 0 saturated carbocycles. The number of terminal acetylenes is 1. The second kappa shape index (κ2) is 11.2. The van der Waals surface area contributed by atoms with Gasteiger partial charge in [0.05, 0.1) is 22.8 Å². The predicted molar refractivity (Wildman–Crippen MR) is 159 cm³/mol. The number of ether oxygens (including phenoxy) is 1. The van der Waals surface area contributed by atoms with E-state index in [0.717, 1.165) is 13.0 Å². The Morgan fingerprint density at radius 2 is 1.98 bits per heavy atom. The van der Waals surface area contributed by atoms with Gasteiger partial charge in [-0.05, 0) is 36.4 Å². The zero-order valence-corrected chi connectivity index (χ0v) is 24.1. The topological polar surface area (TPSA) is 90.8 Å². The second-order valence-corrected chi connectivity index (χ2v) is 11.8. The fraction of sp³-hybridized carbons (Fsp3) is 0.364. The molecular weight excluding hydrogens is 590 g/mol. The third-order valence-corrected chi connectivity index (χ3v) is 9.30. The number of carbonyl (C=O) groups is 1. The average molecular weight is 620 g/mol. The molecule has 0 spiro atoms. The molecule has 4 atom stereocenters. The van der Waals surface area contributed by atoms with Gasteiger partial charge in [-0.2, -0.15) is 9.97 Å². The standard InChI is InChI=1S/C33H29F4N5O3/c1-2-20-24(35)10-7-18-5-3-6-21(27(18)20)22-8-9-23-29(25-14-38-15-26(36)42(25)32(43)44)39-31(40-30(23)28(22)37)45-17-33-11-4-12-41(33)16-19(34)13-33/h1,3,5-10,19,25-26,38H,4,11-17H2,(H,43,44)/t19-,25?,26?,33+/m1/s1. The van der Waals surface area contributed by atoms with Crippen molar-refractivity contribution >= 4 is 27.8 Å². The fourth-order valence-electron chi connectivity index (χ4n) is 7.27. The zero-order chi connectivity index (χ0) is 31.5. The second-order valence-electron chi connectivity index (χ2n) is 11.8. The van der Waals surface area contributed by atoms with Gasteiger partial charge in [0.25, 0.3) is 0 Å². The van der Waals surface area contributed by atoms with Crippen LogP contribution in [0.5, 0.6) is 6.01 Å². The molecule has 2 unspecified atom stereocenters. The number of piperazine rings is 1. The molecule has 232 valence electrons. The molecule has 12 heteroatoms. The van der Waals surface area contributed by atoms with E-state index < -0.39 is 41.8 Å². The molecule has 1 amide bonds. The molecule has 8 nitrogen and oxygen atoms in total. The van der Waals surface area contributed by atoms with Crippen LogP contribution in [0.1, 0.15) is 36.6 Å². The van der Waals surface area contributed by atoms with Gasteiger partial charge in [-0.1, -0.05) is 42.3 Å². The maximum atomic E-state index is 16.7. The van der Waals surface area contributed by atoms with Crippen molar-refractivity contribution in [2.24, 2.45) is 0 Å². The quantitative estimate of drug-likeness (QED) is 0.171. The lowest BCUT2D eigenvalue weighted by Gasteiger charge is -2.36. The van der Waals surface area contributed by atoms with E-state index in [1.807, 2.05) is 4.90 Å². The van der Waals surface area contributed by atoms with Crippen LogP contribution in [0.3, 0.4) is 0 Å². The van der Waals surface area contributed by atoms with E-state index in [1.165, 1.54) is 18.2 Å².